The van der Waals surface area contributed by atoms with Crippen molar-refractivity contribution in [2.24, 2.45) is 0 Å². The summed E-state index contributed by atoms with van der Waals surface area (Å²) in [7, 11) is 0. The highest BCUT2D eigenvalue weighted by molar-refractivity contribution is 5.66. The van der Waals surface area contributed by atoms with Gasteiger partial charge in [-0.15, -0.1) is 0 Å². The first-order chi connectivity index (χ1) is 14.7. The highest BCUT2D eigenvalue weighted by atomic mass is 16.5. The fraction of sp³-hybridized carbons (Fsp3) is 0.385. The van der Waals surface area contributed by atoms with Gasteiger partial charge in [0.15, 0.2) is 5.75 Å². The van der Waals surface area contributed by atoms with Gasteiger partial charge < -0.3 is 19.1 Å². The summed E-state index contributed by atoms with van der Waals surface area (Å²) in [6.45, 7) is 8.22. The van der Waals surface area contributed by atoms with Crippen LogP contribution in [0, 0.1) is 0 Å². The second-order valence-corrected chi connectivity index (χ2v) is 7.32. The highest BCUT2D eigenvalue weighted by Gasteiger charge is 2.26. The number of allylic oxidation sites excluding steroid dienone is 7. The molecule has 1 atom stereocenters. The van der Waals surface area contributed by atoms with Gasteiger partial charge in [-0.05, 0) is 70.4 Å². The van der Waals surface area contributed by atoms with Crippen LogP contribution in [0.15, 0.2) is 84.0 Å². The fourth-order valence-corrected chi connectivity index (χ4v) is 3.63. The summed E-state index contributed by atoms with van der Waals surface area (Å²) in [6, 6.07) is 8.20. The van der Waals surface area contributed by atoms with E-state index in [1.807, 2.05) is 50.3 Å². The monoisotopic (exact) mass is 407 g/mol. The molecule has 1 unspecified atom stereocenters. The van der Waals surface area contributed by atoms with E-state index in [-0.39, 0.29) is 6.10 Å². The Balaban J connectivity index is 1.63. The molecule has 1 aliphatic carbocycles. The number of hydrogen-bond donors (Lipinski definition) is 0. The van der Waals surface area contributed by atoms with E-state index in [4.69, 9.17) is 14.2 Å². The first-order valence-electron chi connectivity index (χ1n) is 10.9. The van der Waals surface area contributed by atoms with Crippen molar-refractivity contribution < 1.29 is 14.2 Å². The summed E-state index contributed by atoms with van der Waals surface area (Å²) in [5, 5.41) is 0. The Kier molecular flexibility index (Phi) is 8.40. The van der Waals surface area contributed by atoms with Crippen molar-refractivity contribution in [3.05, 3.63) is 84.0 Å². The topological polar surface area (TPSA) is 30.9 Å². The van der Waals surface area contributed by atoms with Crippen molar-refractivity contribution in [1.82, 2.24) is 0 Å². The van der Waals surface area contributed by atoms with Crippen LogP contribution in [0.4, 0.5) is 5.69 Å². The SMILES string of the molecule is C/C=C\C(=C/C=CCC(C)OCC)OCCN1C2=C(C=CCC2)Oc2ccccc21. The second-order valence-electron chi connectivity index (χ2n) is 7.32. The van der Waals surface area contributed by atoms with Crippen molar-refractivity contribution in [2.75, 3.05) is 24.7 Å². The van der Waals surface area contributed by atoms with Gasteiger partial charge in [-0.3, -0.25) is 0 Å². The van der Waals surface area contributed by atoms with Crippen LogP contribution >= 0.6 is 0 Å². The van der Waals surface area contributed by atoms with E-state index in [1.54, 1.807) is 0 Å². The van der Waals surface area contributed by atoms with E-state index in [0.717, 1.165) is 55.4 Å². The Morgan fingerprint density at radius 2 is 2.17 bits per heavy atom. The Morgan fingerprint density at radius 3 is 3.00 bits per heavy atom. The molecule has 0 saturated heterocycles. The second kappa shape index (κ2) is 11.5. The Bertz CT molecular complexity index is 848. The largest absolute Gasteiger partial charge is 0.492 e. The Hall–Kier alpha value is -2.72. The maximum atomic E-state index is 6.10. The zero-order valence-electron chi connectivity index (χ0n) is 18.3. The number of benzene rings is 1. The van der Waals surface area contributed by atoms with Gasteiger partial charge in [0.05, 0.1) is 24.0 Å². The molecule has 3 rings (SSSR count). The van der Waals surface area contributed by atoms with Gasteiger partial charge in [-0.25, -0.2) is 0 Å². The standard InChI is InChI=1S/C26H33NO3/c1-4-12-22(14-7-6-13-21(3)28-5-2)29-20-19-27-23-15-8-10-17-25(23)30-26-18-11-9-16-24(26)27/h4,6-8,10-12,14-15,17-18,21H,5,9,13,16,19-20H2,1-3H3/b7-6?,12-4-,22-14+. The van der Waals surface area contributed by atoms with Crippen LogP contribution in [0.2, 0.25) is 0 Å². The molecule has 0 saturated carbocycles. The summed E-state index contributed by atoms with van der Waals surface area (Å²) in [4.78, 5) is 2.34. The molecule has 4 heteroatoms. The number of anilines is 1. The molecule has 30 heavy (non-hydrogen) atoms. The van der Waals surface area contributed by atoms with E-state index in [0.29, 0.717) is 6.61 Å². The molecule has 1 heterocycles. The molecule has 2 aliphatic rings. The molecular formula is C26H33NO3. The van der Waals surface area contributed by atoms with Crippen LogP contribution in [-0.2, 0) is 9.47 Å². The van der Waals surface area contributed by atoms with Crippen LogP contribution in [0.25, 0.3) is 0 Å². The first-order valence-corrected chi connectivity index (χ1v) is 10.9. The molecule has 1 aliphatic heterocycles. The first kappa shape index (κ1) is 22.0. The van der Waals surface area contributed by atoms with E-state index in [9.17, 15) is 0 Å². The van der Waals surface area contributed by atoms with Gasteiger partial charge >= 0.3 is 0 Å². The molecule has 1 aromatic carbocycles. The number of hydrogen-bond acceptors (Lipinski definition) is 4. The minimum absolute atomic E-state index is 0.235. The fourth-order valence-electron chi connectivity index (χ4n) is 3.63. The number of ether oxygens (including phenoxy) is 3. The van der Waals surface area contributed by atoms with Gasteiger partial charge in [0, 0.05) is 6.61 Å². The maximum absolute atomic E-state index is 6.10. The van der Waals surface area contributed by atoms with Gasteiger partial charge in [-0.1, -0.05) is 36.4 Å². The number of fused-ring (bicyclic) bond motifs is 1. The van der Waals surface area contributed by atoms with Crippen molar-refractivity contribution in [3.63, 3.8) is 0 Å². The summed E-state index contributed by atoms with van der Waals surface area (Å²) < 4.78 is 17.8. The summed E-state index contributed by atoms with van der Waals surface area (Å²) in [6.07, 6.45) is 17.6. The number of para-hydroxylation sites is 2. The smallest absolute Gasteiger partial charge is 0.151 e. The molecule has 0 radical (unpaired) electrons. The molecule has 0 amide bonds. The molecule has 4 nitrogen and oxygen atoms in total. The molecule has 160 valence electrons. The predicted octanol–water partition coefficient (Wildman–Crippen LogP) is 6.29. The zero-order valence-corrected chi connectivity index (χ0v) is 18.3. The van der Waals surface area contributed by atoms with E-state index in [2.05, 4.69) is 42.2 Å². The van der Waals surface area contributed by atoms with Crippen LogP contribution in [0.1, 0.15) is 40.0 Å². The third-order valence-electron chi connectivity index (χ3n) is 5.03. The van der Waals surface area contributed by atoms with E-state index in [1.165, 1.54) is 5.70 Å². The maximum Gasteiger partial charge on any atom is 0.151 e. The summed E-state index contributed by atoms with van der Waals surface area (Å²) >= 11 is 0. The van der Waals surface area contributed by atoms with Crippen LogP contribution < -0.4 is 9.64 Å². The molecule has 0 N–H and O–H groups in total. The molecule has 0 fully saturated rings. The minimum atomic E-state index is 0.235. The van der Waals surface area contributed by atoms with Crippen LogP contribution in [-0.4, -0.2) is 25.9 Å². The van der Waals surface area contributed by atoms with E-state index >= 15 is 0 Å². The van der Waals surface area contributed by atoms with Gasteiger partial charge in [-0.2, -0.15) is 0 Å². The third-order valence-corrected chi connectivity index (χ3v) is 5.03. The van der Waals surface area contributed by atoms with Gasteiger partial charge in [0.1, 0.15) is 18.1 Å². The average molecular weight is 408 g/mol. The molecular weight excluding hydrogens is 374 g/mol. The number of rotatable bonds is 10. The molecule has 0 aromatic heterocycles. The van der Waals surface area contributed by atoms with Crippen molar-refractivity contribution in [3.8, 4) is 5.75 Å². The lowest BCUT2D eigenvalue weighted by atomic mass is 10.1. The summed E-state index contributed by atoms with van der Waals surface area (Å²) in [5.74, 6) is 2.71. The Morgan fingerprint density at radius 1 is 1.30 bits per heavy atom. The van der Waals surface area contributed by atoms with Crippen LogP contribution in [0.5, 0.6) is 5.75 Å². The Labute approximate surface area is 180 Å². The van der Waals surface area contributed by atoms with Crippen molar-refractivity contribution in [2.45, 2.75) is 46.1 Å². The normalized spacial score (nSPS) is 17.3. The molecule has 0 bridgehead atoms. The van der Waals surface area contributed by atoms with Crippen molar-refractivity contribution in [1.29, 1.82) is 0 Å². The molecule has 1 aromatic rings. The predicted molar refractivity (Wildman–Crippen MR) is 124 cm³/mol. The minimum Gasteiger partial charge on any atom is -0.492 e. The van der Waals surface area contributed by atoms with Gasteiger partial charge in [0.25, 0.3) is 0 Å². The zero-order chi connectivity index (χ0) is 21.2. The highest BCUT2D eigenvalue weighted by Crippen LogP contribution is 2.40. The number of nitrogens with zero attached hydrogens (tertiary/aromatic N) is 1. The average Bonchev–Trinajstić information content (AvgIpc) is 2.76. The van der Waals surface area contributed by atoms with Gasteiger partial charge in [0.2, 0.25) is 0 Å². The lowest BCUT2D eigenvalue weighted by Crippen LogP contribution is -2.32. The van der Waals surface area contributed by atoms with Crippen LogP contribution in [0.3, 0.4) is 0 Å². The third kappa shape index (κ3) is 5.90. The molecule has 0 spiro atoms. The lowest BCUT2D eigenvalue weighted by molar-refractivity contribution is 0.0787. The van der Waals surface area contributed by atoms with Crippen molar-refractivity contribution >= 4 is 5.69 Å². The summed E-state index contributed by atoms with van der Waals surface area (Å²) in [5.41, 5.74) is 2.35. The van der Waals surface area contributed by atoms with E-state index < -0.39 is 0 Å². The lowest BCUT2D eigenvalue weighted by Gasteiger charge is -2.35. The quantitative estimate of drug-likeness (QED) is 0.337.